The predicted octanol–water partition coefficient (Wildman–Crippen LogP) is 2.80. The van der Waals surface area contributed by atoms with E-state index in [0.717, 1.165) is 12.0 Å². The second-order valence-corrected chi connectivity index (χ2v) is 4.25. The summed E-state index contributed by atoms with van der Waals surface area (Å²) < 4.78 is 11.2. The number of ketones is 1. The Balaban J connectivity index is 1.92. The first kappa shape index (κ1) is 12.3. The van der Waals surface area contributed by atoms with Gasteiger partial charge in [0, 0.05) is 18.4 Å². The highest BCUT2D eigenvalue weighted by atomic mass is 16.7. The van der Waals surface area contributed by atoms with Crippen molar-refractivity contribution in [1.29, 1.82) is 0 Å². The van der Waals surface area contributed by atoms with E-state index in [1.807, 2.05) is 37.3 Å². The van der Waals surface area contributed by atoms with Gasteiger partial charge < -0.3 is 9.47 Å². The zero-order valence-corrected chi connectivity index (χ0v) is 10.1. The molecule has 0 saturated carbocycles. The summed E-state index contributed by atoms with van der Waals surface area (Å²) in [4.78, 5) is 11.9. The number of hydrogen-bond acceptors (Lipinski definition) is 3. The van der Waals surface area contributed by atoms with Crippen LogP contribution in [0.4, 0.5) is 0 Å². The monoisotopic (exact) mass is 234 g/mol. The summed E-state index contributed by atoms with van der Waals surface area (Å²) in [6.07, 6.45) is 1.89. The molecule has 2 rings (SSSR count). The molecule has 0 atom stereocenters. The van der Waals surface area contributed by atoms with Crippen molar-refractivity contribution in [2.75, 3.05) is 13.2 Å². The minimum absolute atomic E-state index is 0.150. The molecule has 92 valence electrons. The highest BCUT2D eigenvalue weighted by Crippen LogP contribution is 2.28. The zero-order chi connectivity index (χ0) is 12.1. The van der Waals surface area contributed by atoms with Gasteiger partial charge in [0.05, 0.1) is 13.2 Å². The first-order chi connectivity index (χ1) is 8.26. The van der Waals surface area contributed by atoms with Gasteiger partial charge >= 0.3 is 0 Å². The first-order valence-electron chi connectivity index (χ1n) is 6.12. The van der Waals surface area contributed by atoms with Crippen molar-refractivity contribution in [3.05, 3.63) is 35.9 Å². The van der Waals surface area contributed by atoms with E-state index < -0.39 is 5.79 Å². The van der Waals surface area contributed by atoms with Gasteiger partial charge in [-0.25, -0.2) is 0 Å². The van der Waals surface area contributed by atoms with E-state index in [9.17, 15) is 4.79 Å². The van der Waals surface area contributed by atoms with E-state index in [0.29, 0.717) is 26.1 Å². The largest absolute Gasteiger partial charge is 0.348 e. The lowest BCUT2D eigenvalue weighted by atomic mass is 10.0. The molecule has 1 aromatic rings. The van der Waals surface area contributed by atoms with Crippen LogP contribution in [0.15, 0.2) is 30.3 Å². The molecular formula is C14H18O3. The molecule has 0 amide bonds. The van der Waals surface area contributed by atoms with Crippen molar-refractivity contribution in [1.82, 2.24) is 0 Å². The van der Waals surface area contributed by atoms with Crippen molar-refractivity contribution >= 4 is 5.78 Å². The molecular weight excluding hydrogens is 216 g/mol. The Morgan fingerprint density at radius 1 is 1.24 bits per heavy atom. The molecule has 1 aromatic carbocycles. The Labute approximate surface area is 102 Å². The Kier molecular flexibility index (Phi) is 3.92. The molecule has 17 heavy (non-hydrogen) atoms. The average Bonchev–Trinajstić information content (AvgIpc) is 2.86. The van der Waals surface area contributed by atoms with Crippen LogP contribution in [0.25, 0.3) is 0 Å². The fraction of sp³-hybridized carbons (Fsp3) is 0.500. The number of carbonyl (C=O) groups excluding carboxylic acids is 1. The van der Waals surface area contributed by atoms with Crippen LogP contribution in [-0.4, -0.2) is 24.8 Å². The molecule has 1 fully saturated rings. The Morgan fingerprint density at radius 3 is 2.47 bits per heavy atom. The molecule has 0 aromatic heterocycles. The standard InChI is InChI=1S/C14H18O3/c1-2-14(16-10-11-17-14)9-8-13(15)12-6-4-3-5-7-12/h3-7H,2,8-11H2,1H3. The molecule has 1 heterocycles. The van der Waals surface area contributed by atoms with E-state index in [2.05, 4.69) is 0 Å². The van der Waals surface area contributed by atoms with Crippen LogP contribution in [0.1, 0.15) is 36.5 Å². The van der Waals surface area contributed by atoms with Crippen molar-refractivity contribution in [3.8, 4) is 0 Å². The van der Waals surface area contributed by atoms with Crippen LogP contribution in [-0.2, 0) is 9.47 Å². The second kappa shape index (κ2) is 5.43. The fourth-order valence-corrected chi connectivity index (χ4v) is 2.09. The van der Waals surface area contributed by atoms with Gasteiger partial charge in [0.25, 0.3) is 0 Å². The highest BCUT2D eigenvalue weighted by molar-refractivity contribution is 5.95. The molecule has 1 aliphatic rings. The molecule has 0 aliphatic carbocycles. The summed E-state index contributed by atoms with van der Waals surface area (Å²) in [7, 11) is 0. The minimum Gasteiger partial charge on any atom is -0.348 e. The molecule has 0 bridgehead atoms. The molecule has 0 spiro atoms. The van der Waals surface area contributed by atoms with E-state index in [4.69, 9.17) is 9.47 Å². The van der Waals surface area contributed by atoms with Crippen LogP contribution in [0.2, 0.25) is 0 Å². The molecule has 1 saturated heterocycles. The zero-order valence-electron chi connectivity index (χ0n) is 10.1. The normalized spacial score (nSPS) is 18.2. The smallest absolute Gasteiger partial charge is 0.168 e. The predicted molar refractivity (Wildman–Crippen MR) is 64.9 cm³/mol. The van der Waals surface area contributed by atoms with Gasteiger partial charge in [-0.05, 0) is 6.42 Å². The molecule has 3 nitrogen and oxygen atoms in total. The number of rotatable bonds is 5. The van der Waals surface area contributed by atoms with E-state index in [1.54, 1.807) is 0 Å². The van der Waals surface area contributed by atoms with Gasteiger partial charge in [-0.1, -0.05) is 37.3 Å². The topological polar surface area (TPSA) is 35.5 Å². The van der Waals surface area contributed by atoms with Crippen molar-refractivity contribution in [2.45, 2.75) is 32.0 Å². The molecule has 1 aliphatic heterocycles. The quantitative estimate of drug-likeness (QED) is 0.735. The maximum atomic E-state index is 11.9. The number of benzene rings is 1. The fourth-order valence-electron chi connectivity index (χ4n) is 2.09. The highest BCUT2D eigenvalue weighted by Gasteiger charge is 2.34. The summed E-state index contributed by atoms with van der Waals surface area (Å²) in [6.45, 7) is 3.29. The maximum Gasteiger partial charge on any atom is 0.168 e. The van der Waals surface area contributed by atoms with E-state index in [1.165, 1.54) is 0 Å². The average molecular weight is 234 g/mol. The van der Waals surface area contributed by atoms with E-state index >= 15 is 0 Å². The summed E-state index contributed by atoms with van der Waals surface area (Å²) in [5.74, 6) is -0.373. The SMILES string of the molecule is CCC1(CCC(=O)c2ccccc2)OCCO1. The number of hydrogen-bond donors (Lipinski definition) is 0. The molecule has 0 unspecified atom stereocenters. The summed E-state index contributed by atoms with van der Waals surface area (Å²) in [6, 6.07) is 9.36. The third-order valence-electron chi connectivity index (χ3n) is 3.18. The number of carbonyl (C=O) groups is 1. The van der Waals surface area contributed by atoms with Crippen molar-refractivity contribution in [2.24, 2.45) is 0 Å². The first-order valence-corrected chi connectivity index (χ1v) is 6.12. The molecule has 0 radical (unpaired) electrons. The van der Waals surface area contributed by atoms with Crippen LogP contribution >= 0.6 is 0 Å². The third-order valence-corrected chi connectivity index (χ3v) is 3.18. The van der Waals surface area contributed by atoms with Gasteiger partial charge in [-0.3, -0.25) is 4.79 Å². The lowest BCUT2D eigenvalue weighted by Crippen LogP contribution is -2.29. The number of Topliss-reactive ketones (excluding diaryl/α,β-unsaturated/α-hetero) is 1. The maximum absolute atomic E-state index is 11.9. The summed E-state index contributed by atoms with van der Waals surface area (Å²) in [5, 5.41) is 0. The third kappa shape index (κ3) is 2.93. The van der Waals surface area contributed by atoms with Crippen molar-refractivity contribution < 1.29 is 14.3 Å². The van der Waals surface area contributed by atoms with Gasteiger partial charge in [0.15, 0.2) is 11.6 Å². The van der Waals surface area contributed by atoms with Crippen molar-refractivity contribution in [3.63, 3.8) is 0 Å². The minimum atomic E-state index is -0.523. The lowest BCUT2D eigenvalue weighted by molar-refractivity contribution is -0.162. The molecule has 3 heteroatoms. The van der Waals surface area contributed by atoms with Crippen LogP contribution < -0.4 is 0 Å². The van der Waals surface area contributed by atoms with Crippen LogP contribution in [0.3, 0.4) is 0 Å². The van der Waals surface area contributed by atoms with Gasteiger partial charge in [-0.15, -0.1) is 0 Å². The summed E-state index contributed by atoms with van der Waals surface area (Å²) >= 11 is 0. The van der Waals surface area contributed by atoms with Gasteiger partial charge in [-0.2, -0.15) is 0 Å². The lowest BCUT2D eigenvalue weighted by Gasteiger charge is -2.25. The van der Waals surface area contributed by atoms with Crippen LogP contribution in [0, 0.1) is 0 Å². The Hall–Kier alpha value is -1.19. The van der Waals surface area contributed by atoms with Gasteiger partial charge in [0.1, 0.15) is 0 Å². The summed E-state index contributed by atoms with van der Waals surface area (Å²) in [5.41, 5.74) is 0.761. The Bertz CT molecular complexity index is 366. The van der Waals surface area contributed by atoms with Gasteiger partial charge in [0.2, 0.25) is 0 Å². The van der Waals surface area contributed by atoms with Crippen LogP contribution in [0.5, 0.6) is 0 Å². The Morgan fingerprint density at radius 2 is 1.88 bits per heavy atom. The number of ether oxygens (including phenoxy) is 2. The second-order valence-electron chi connectivity index (χ2n) is 4.25. The molecule has 0 N–H and O–H groups in total. The van der Waals surface area contributed by atoms with E-state index in [-0.39, 0.29) is 5.78 Å².